The third-order valence-electron chi connectivity index (χ3n) is 4.75. The fourth-order valence-corrected chi connectivity index (χ4v) is 3.29. The molecule has 0 saturated carbocycles. The van der Waals surface area contributed by atoms with Crippen molar-refractivity contribution in [2.75, 3.05) is 18.1 Å². The number of carbonyl (C=O) groups excluding carboxylic acids is 1. The van der Waals surface area contributed by atoms with Crippen molar-refractivity contribution in [1.29, 1.82) is 5.26 Å². The number of carbonyl (C=O) groups is 1. The number of hydrogen-bond donors (Lipinski definition) is 0. The number of rotatable bonds is 7. The lowest BCUT2D eigenvalue weighted by molar-refractivity contribution is -0.120. The van der Waals surface area contributed by atoms with E-state index >= 15 is 0 Å². The summed E-state index contributed by atoms with van der Waals surface area (Å²) in [7, 11) is 0. The highest BCUT2D eigenvalue weighted by atomic mass is 35.5. The molecule has 1 aromatic heterocycles. The Labute approximate surface area is 179 Å². The van der Waals surface area contributed by atoms with Gasteiger partial charge in [-0.2, -0.15) is 5.26 Å². The van der Waals surface area contributed by atoms with Crippen molar-refractivity contribution in [3.05, 3.63) is 69.0 Å². The Hall–Kier alpha value is -3.30. The molecule has 2 aromatic carbocycles. The number of aryl methyl sites for hydroxylation is 2. The van der Waals surface area contributed by atoms with Crippen LogP contribution in [-0.2, 0) is 11.2 Å². The minimum atomic E-state index is -0.423. The highest BCUT2D eigenvalue weighted by Gasteiger charge is 2.17. The van der Waals surface area contributed by atoms with E-state index in [1.54, 1.807) is 30.3 Å². The smallest absolute Gasteiger partial charge is 0.336 e. The zero-order valence-corrected chi connectivity index (χ0v) is 17.5. The maximum absolute atomic E-state index is 12.8. The van der Waals surface area contributed by atoms with Crippen molar-refractivity contribution in [3.63, 3.8) is 0 Å². The van der Waals surface area contributed by atoms with Crippen LogP contribution in [0.25, 0.3) is 11.0 Å². The molecular formula is C23H21ClN2O4. The number of benzene rings is 2. The molecular weight excluding hydrogens is 404 g/mol. The van der Waals surface area contributed by atoms with E-state index in [1.165, 1.54) is 11.0 Å². The lowest BCUT2D eigenvalue weighted by Crippen LogP contribution is -2.35. The molecule has 0 aliphatic heterocycles. The minimum absolute atomic E-state index is 0.189. The van der Waals surface area contributed by atoms with Gasteiger partial charge in [0.15, 0.2) is 6.61 Å². The number of ether oxygens (including phenoxy) is 1. The van der Waals surface area contributed by atoms with Crippen molar-refractivity contribution in [2.24, 2.45) is 0 Å². The molecule has 0 N–H and O–H groups in total. The van der Waals surface area contributed by atoms with E-state index in [4.69, 9.17) is 26.0 Å². The zero-order chi connectivity index (χ0) is 21.7. The minimum Gasteiger partial charge on any atom is -0.484 e. The highest BCUT2D eigenvalue weighted by molar-refractivity contribution is 6.31. The third-order valence-corrected chi connectivity index (χ3v) is 5.17. The van der Waals surface area contributed by atoms with Crippen LogP contribution in [0, 0.1) is 18.3 Å². The van der Waals surface area contributed by atoms with E-state index in [1.807, 2.05) is 19.9 Å². The normalized spacial score (nSPS) is 10.6. The second kappa shape index (κ2) is 9.47. The molecule has 7 heteroatoms. The van der Waals surface area contributed by atoms with Crippen LogP contribution in [0.4, 0.5) is 5.69 Å². The van der Waals surface area contributed by atoms with Gasteiger partial charge in [0.2, 0.25) is 0 Å². The Morgan fingerprint density at radius 2 is 2.03 bits per heavy atom. The highest BCUT2D eigenvalue weighted by Crippen LogP contribution is 2.25. The second-order valence-electron chi connectivity index (χ2n) is 6.78. The van der Waals surface area contributed by atoms with Crippen LogP contribution in [0.2, 0.25) is 5.02 Å². The van der Waals surface area contributed by atoms with Gasteiger partial charge in [-0.1, -0.05) is 18.5 Å². The molecule has 1 amide bonds. The van der Waals surface area contributed by atoms with E-state index in [2.05, 4.69) is 6.07 Å². The van der Waals surface area contributed by atoms with Crippen molar-refractivity contribution in [3.8, 4) is 11.8 Å². The monoisotopic (exact) mass is 424 g/mol. The maximum atomic E-state index is 12.8. The molecule has 0 saturated heterocycles. The van der Waals surface area contributed by atoms with Crippen LogP contribution in [0.15, 0.2) is 51.7 Å². The van der Waals surface area contributed by atoms with Gasteiger partial charge in [-0.3, -0.25) is 4.79 Å². The number of fused-ring (bicyclic) bond motifs is 1. The van der Waals surface area contributed by atoms with Crippen molar-refractivity contribution < 1.29 is 13.9 Å². The number of nitriles is 1. The van der Waals surface area contributed by atoms with Crippen LogP contribution in [0.5, 0.6) is 5.75 Å². The van der Waals surface area contributed by atoms with Crippen LogP contribution in [0.1, 0.15) is 24.5 Å². The topological polar surface area (TPSA) is 83.5 Å². The fourth-order valence-electron chi connectivity index (χ4n) is 3.17. The number of amides is 1. The SMILES string of the molecule is CCc1cc(=O)oc2cc(OCC(=O)N(CCC#N)c3ccc(Cl)c(C)c3)ccc12. The van der Waals surface area contributed by atoms with Gasteiger partial charge in [0.25, 0.3) is 5.91 Å². The molecule has 6 nitrogen and oxygen atoms in total. The average molecular weight is 425 g/mol. The largest absolute Gasteiger partial charge is 0.484 e. The summed E-state index contributed by atoms with van der Waals surface area (Å²) >= 11 is 6.08. The van der Waals surface area contributed by atoms with Crippen molar-refractivity contribution >= 4 is 34.2 Å². The Kier molecular flexibility index (Phi) is 6.76. The van der Waals surface area contributed by atoms with E-state index in [-0.39, 0.29) is 25.5 Å². The van der Waals surface area contributed by atoms with Gasteiger partial charge in [-0.05, 0) is 54.8 Å². The van der Waals surface area contributed by atoms with Gasteiger partial charge in [-0.15, -0.1) is 0 Å². The molecule has 1 heterocycles. The van der Waals surface area contributed by atoms with Gasteiger partial charge >= 0.3 is 5.63 Å². The Bertz CT molecular complexity index is 1180. The molecule has 0 aliphatic carbocycles. The number of anilines is 1. The lowest BCUT2D eigenvalue weighted by Gasteiger charge is -2.22. The van der Waals surface area contributed by atoms with Crippen LogP contribution >= 0.6 is 11.6 Å². The maximum Gasteiger partial charge on any atom is 0.336 e. The molecule has 3 aromatic rings. The molecule has 0 radical (unpaired) electrons. The van der Waals surface area contributed by atoms with Gasteiger partial charge in [0.05, 0.1) is 12.5 Å². The quantitative estimate of drug-likeness (QED) is 0.516. The van der Waals surface area contributed by atoms with Gasteiger partial charge in [0, 0.05) is 34.8 Å². The Morgan fingerprint density at radius 3 is 2.73 bits per heavy atom. The molecule has 0 bridgehead atoms. The second-order valence-corrected chi connectivity index (χ2v) is 7.19. The summed E-state index contributed by atoms with van der Waals surface area (Å²) in [4.78, 5) is 26.1. The van der Waals surface area contributed by atoms with E-state index in [0.717, 1.165) is 16.5 Å². The number of nitrogens with zero attached hydrogens (tertiary/aromatic N) is 2. The summed E-state index contributed by atoms with van der Waals surface area (Å²) in [5.41, 5.74) is 2.37. The standard InChI is InChI=1S/C23H21ClN2O4/c1-3-16-12-23(28)30-21-13-18(6-7-19(16)21)29-14-22(27)26(10-4-9-25)17-5-8-20(24)15(2)11-17/h5-8,11-13H,3-4,10,14H2,1-2H3. The first-order valence-electron chi connectivity index (χ1n) is 9.56. The summed E-state index contributed by atoms with van der Waals surface area (Å²) in [6.45, 7) is 3.83. The number of hydrogen-bond acceptors (Lipinski definition) is 5. The molecule has 0 spiro atoms. The van der Waals surface area contributed by atoms with Crippen molar-refractivity contribution in [1.82, 2.24) is 0 Å². The summed E-state index contributed by atoms with van der Waals surface area (Å²) < 4.78 is 10.9. The summed E-state index contributed by atoms with van der Waals surface area (Å²) in [5.74, 6) is 0.121. The third kappa shape index (κ3) is 4.81. The van der Waals surface area contributed by atoms with Crippen LogP contribution in [0.3, 0.4) is 0 Å². The first-order chi connectivity index (χ1) is 14.4. The summed E-state index contributed by atoms with van der Waals surface area (Å²) in [6.07, 6.45) is 0.892. The molecule has 30 heavy (non-hydrogen) atoms. The van der Waals surface area contributed by atoms with E-state index in [0.29, 0.717) is 28.5 Å². The Balaban J connectivity index is 1.80. The van der Waals surface area contributed by atoms with Crippen LogP contribution in [-0.4, -0.2) is 19.1 Å². The van der Waals surface area contributed by atoms with Gasteiger partial charge < -0.3 is 14.1 Å². The van der Waals surface area contributed by atoms with E-state index < -0.39 is 5.63 Å². The lowest BCUT2D eigenvalue weighted by atomic mass is 10.1. The van der Waals surface area contributed by atoms with Gasteiger partial charge in [-0.25, -0.2) is 4.79 Å². The molecule has 0 unspecified atom stereocenters. The molecule has 154 valence electrons. The molecule has 0 aliphatic rings. The first kappa shape index (κ1) is 21.4. The summed E-state index contributed by atoms with van der Waals surface area (Å²) in [5, 5.41) is 10.4. The fraction of sp³-hybridized carbons (Fsp3) is 0.261. The number of halogens is 1. The van der Waals surface area contributed by atoms with E-state index in [9.17, 15) is 9.59 Å². The molecule has 0 atom stereocenters. The van der Waals surface area contributed by atoms with Gasteiger partial charge in [0.1, 0.15) is 11.3 Å². The van der Waals surface area contributed by atoms with Crippen molar-refractivity contribution in [2.45, 2.75) is 26.7 Å². The predicted molar refractivity (Wildman–Crippen MR) is 116 cm³/mol. The predicted octanol–water partition coefficient (Wildman–Crippen LogP) is 4.64. The molecule has 3 rings (SSSR count). The zero-order valence-electron chi connectivity index (χ0n) is 16.8. The summed E-state index contributed by atoms with van der Waals surface area (Å²) in [6, 6.07) is 13.9. The Morgan fingerprint density at radius 1 is 1.23 bits per heavy atom. The van der Waals surface area contributed by atoms with Crippen LogP contribution < -0.4 is 15.3 Å². The average Bonchev–Trinajstić information content (AvgIpc) is 2.73. The molecule has 0 fully saturated rings. The first-order valence-corrected chi connectivity index (χ1v) is 9.93.